The van der Waals surface area contributed by atoms with E-state index >= 15 is 0 Å². The molecule has 0 aliphatic carbocycles. The van der Waals surface area contributed by atoms with Gasteiger partial charge < -0.3 is 0 Å². The zero-order valence-corrected chi connectivity index (χ0v) is 17.6. The zero-order valence-electron chi connectivity index (χ0n) is 17.6. The number of hydrogen-bond donors (Lipinski definition) is 0. The topological polar surface area (TPSA) is 12.9 Å². The molecule has 1 aromatic heterocycles. The van der Waals surface area contributed by atoms with E-state index in [1.165, 1.54) is 12.1 Å². The summed E-state index contributed by atoms with van der Waals surface area (Å²) in [7, 11) is 0. The van der Waals surface area contributed by atoms with Crippen molar-refractivity contribution in [2.24, 2.45) is 0 Å². The molecule has 0 N–H and O–H groups in total. The smallest absolute Gasteiger partial charge is 0.129 e. The van der Waals surface area contributed by atoms with Crippen molar-refractivity contribution in [2.45, 2.75) is 46.5 Å². The highest BCUT2D eigenvalue weighted by molar-refractivity contribution is 5.41. The first kappa shape index (κ1) is 22.5. The van der Waals surface area contributed by atoms with Crippen molar-refractivity contribution in [3.05, 3.63) is 113 Å². The third-order valence-electron chi connectivity index (χ3n) is 4.97. The van der Waals surface area contributed by atoms with Crippen molar-refractivity contribution in [3.63, 3.8) is 0 Å². The molecule has 0 radical (unpaired) electrons. The Kier molecular flexibility index (Phi) is 8.26. The van der Waals surface area contributed by atoms with E-state index in [-0.39, 0.29) is 11.6 Å². The van der Waals surface area contributed by atoms with Gasteiger partial charge in [-0.1, -0.05) is 37.6 Å². The maximum Gasteiger partial charge on any atom is 0.129 e. The summed E-state index contributed by atoms with van der Waals surface area (Å²) >= 11 is 0. The summed E-state index contributed by atoms with van der Waals surface area (Å²) in [5.41, 5.74) is 6.52. The van der Waals surface area contributed by atoms with Gasteiger partial charge in [0.05, 0.1) is 0 Å². The van der Waals surface area contributed by atoms with E-state index in [4.69, 9.17) is 4.98 Å². The molecule has 3 rings (SSSR count). The van der Waals surface area contributed by atoms with Crippen LogP contribution in [0.4, 0.5) is 8.78 Å². The van der Waals surface area contributed by atoms with Gasteiger partial charge in [-0.25, -0.2) is 8.78 Å². The highest BCUT2D eigenvalue weighted by atomic mass is 19.1. The van der Waals surface area contributed by atoms with Crippen molar-refractivity contribution >= 4 is 0 Å². The van der Waals surface area contributed by atoms with Crippen molar-refractivity contribution in [3.8, 4) is 0 Å². The van der Waals surface area contributed by atoms with Gasteiger partial charge in [0.25, 0.3) is 0 Å². The third-order valence-corrected chi connectivity index (χ3v) is 4.97. The largest absolute Gasteiger partial charge is 0.257 e. The summed E-state index contributed by atoms with van der Waals surface area (Å²) in [5.74, 6) is -0.320. The second kappa shape index (κ2) is 10.7. The summed E-state index contributed by atoms with van der Waals surface area (Å²) in [4.78, 5) is 4.74. The molecule has 152 valence electrons. The predicted octanol–water partition coefficient (Wildman–Crippen LogP) is 6.91. The Morgan fingerprint density at radius 1 is 0.897 bits per heavy atom. The number of aryl methyl sites for hydroxylation is 2. The molecule has 2 aromatic carbocycles. The van der Waals surface area contributed by atoms with Crippen LogP contribution in [-0.2, 0) is 19.3 Å². The first-order valence-corrected chi connectivity index (χ1v) is 9.94. The molecule has 0 aliphatic rings. The van der Waals surface area contributed by atoms with E-state index < -0.39 is 0 Å². The fraction of sp³-hybridized carbons (Fsp3) is 0.269. The van der Waals surface area contributed by atoms with E-state index in [2.05, 4.69) is 20.1 Å². The number of halogens is 2. The van der Waals surface area contributed by atoms with E-state index in [9.17, 15) is 8.78 Å². The van der Waals surface area contributed by atoms with E-state index in [0.717, 1.165) is 52.0 Å². The standard InChI is InChI=1S/C24H25F2N.C2H4/c1-4-6-19-13-16(2)23(17(3)24(19)26)15-22-8-5-7-21(27-22)14-18-9-11-20(25)12-10-18;1-2/h5,7-13H,4,6,14-15H2,1-3H3;1-2H2. The third kappa shape index (κ3) is 5.83. The van der Waals surface area contributed by atoms with Crippen molar-refractivity contribution in [1.29, 1.82) is 0 Å². The lowest BCUT2D eigenvalue weighted by Crippen LogP contribution is -2.05. The van der Waals surface area contributed by atoms with Crippen LogP contribution in [0.25, 0.3) is 0 Å². The molecule has 0 atom stereocenters. The number of rotatable bonds is 6. The first-order chi connectivity index (χ1) is 14.0. The maximum atomic E-state index is 14.7. The second-order valence-electron chi connectivity index (χ2n) is 7.12. The van der Waals surface area contributed by atoms with E-state index in [1.807, 2.05) is 38.1 Å². The molecule has 0 saturated carbocycles. The highest BCUT2D eigenvalue weighted by Gasteiger charge is 2.14. The van der Waals surface area contributed by atoms with Crippen LogP contribution >= 0.6 is 0 Å². The Balaban J connectivity index is 0.00000145. The van der Waals surface area contributed by atoms with Crippen molar-refractivity contribution < 1.29 is 8.78 Å². The van der Waals surface area contributed by atoms with Crippen LogP contribution in [-0.4, -0.2) is 4.98 Å². The quantitative estimate of drug-likeness (QED) is 0.415. The molecule has 0 bridgehead atoms. The van der Waals surface area contributed by atoms with Gasteiger partial charge in [0.15, 0.2) is 0 Å². The van der Waals surface area contributed by atoms with Gasteiger partial charge in [0.1, 0.15) is 11.6 Å². The molecule has 0 saturated heterocycles. The average Bonchev–Trinajstić information content (AvgIpc) is 2.73. The van der Waals surface area contributed by atoms with Gasteiger partial charge >= 0.3 is 0 Å². The molecule has 0 amide bonds. The molecule has 0 unspecified atom stereocenters. The van der Waals surface area contributed by atoms with Crippen LogP contribution in [0.3, 0.4) is 0 Å². The molecular weight excluding hydrogens is 364 g/mol. The van der Waals surface area contributed by atoms with E-state index in [0.29, 0.717) is 12.8 Å². The lowest BCUT2D eigenvalue weighted by atomic mass is 9.93. The van der Waals surface area contributed by atoms with E-state index in [1.54, 1.807) is 12.1 Å². The Hall–Kier alpha value is -2.81. The monoisotopic (exact) mass is 393 g/mol. The van der Waals surface area contributed by atoms with Crippen molar-refractivity contribution in [1.82, 2.24) is 4.98 Å². The van der Waals surface area contributed by atoms with Gasteiger partial charge in [0.2, 0.25) is 0 Å². The van der Waals surface area contributed by atoms with Crippen LogP contribution < -0.4 is 0 Å². The Bertz CT molecular complexity index is 946. The predicted molar refractivity (Wildman–Crippen MR) is 117 cm³/mol. The fourth-order valence-corrected chi connectivity index (χ4v) is 3.52. The SMILES string of the molecule is C=C.CCCc1cc(C)c(Cc2cccc(Cc3ccc(F)cc3)n2)c(C)c1F. The van der Waals surface area contributed by atoms with Gasteiger partial charge in [-0.3, -0.25) is 4.98 Å². The maximum absolute atomic E-state index is 14.7. The molecule has 3 heteroatoms. The summed E-state index contributed by atoms with van der Waals surface area (Å²) in [6.45, 7) is 12.0. The van der Waals surface area contributed by atoms with Crippen LogP contribution in [0.5, 0.6) is 0 Å². The normalized spacial score (nSPS) is 10.4. The van der Waals surface area contributed by atoms with Gasteiger partial charge in [-0.15, -0.1) is 13.2 Å². The highest BCUT2D eigenvalue weighted by Crippen LogP contribution is 2.24. The summed E-state index contributed by atoms with van der Waals surface area (Å²) in [5, 5.41) is 0. The molecule has 0 fully saturated rings. The summed E-state index contributed by atoms with van der Waals surface area (Å²) in [6.07, 6.45) is 2.95. The Morgan fingerprint density at radius 3 is 2.14 bits per heavy atom. The summed E-state index contributed by atoms with van der Waals surface area (Å²) < 4.78 is 27.8. The van der Waals surface area contributed by atoms with Crippen LogP contribution in [0.15, 0.2) is 61.7 Å². The molecule has 1 heterocycles. The molecule has 29 heavy (non-hydrogen) atoms. The van der Waals surface area contributed by atoms with Gasteiger partial charge in [-0.05, 0) is 72.4 Å². The van der Waals surface area contributed by atoms with Crippen LogP contribution in [0.2, 0.25) is 0 Å². The second-order valence-corrected chi connectivity index (χ2v) is 7.12. The summed E-state index contributed by atoms with van der Waals surface area (Å²) in [6, 6.07) is 14.4. The molecule has 0 aliphatic heterocycles. The number of nitrogens with zero attached hydrogens (tertiary/aromatic N) is 1. The first-order valence-electron chi connectivity index (χ1n) is 9.94. The van der Waals surface area contributed by atoms with Crippen LogP contribution in [0.1, 0.15) is 52.5 Å². The number of hydrogen-bond acceptors (Lipinski definition) is 1. The average molecular weight is 394 g/mol. The molecular formula is C26H29F2N. The molecule has 1 nitrogen and oxygen atoms in total. The number of benzene rings is 2. The minimum Gasteiger partial charge on any atom is -0.257 e. The number of pyridine rings is 1. The Labute approximate surface area is 173 Å². The Morgan fingerprint density at radius 2 is 1.52 bits per heavy atom. The minimum absolute atomic E-state index is 0.0834. The zero-order chi connectivity index (χ0) is 21.4. The number of aromatic nitrogens is 1. The van der Waals surface area contributed by atoms with Crippen LogP contribution in [0, 0.1) is 25.5 Å². The van der Waals surface area contributed by atoms with Gasteiger partial charge in [0, 0.05) is 24.2 Å². The minimum atomic E-state index is -0.236. The fourth-order valence-electron chi connectivity index (χ4n) is 3.52. The molecule has 3 aromatic rings. The lowest BCUT2D eigenvalue weighted by molar-refractivity contribution is 0.595. The molecule has 0 spiro atoms. The van der Waals surface area contributed by atoms with Gasteiger partial charge in [-0.2, -0.15) is 0 Å². The lowest BCUT2D eigenvalue weighted by Gasteiger charge is -2.14. The van der Waals surface area contributed by atoms with Crippen molar-refractivity contribution in [2.75, 3.05) is 0 Å².